The maximum atomic E-state index is 13.2. The molecule has 1 aromatic rings. The zero-order chi connectivity index (χ0) is 19.3. The fourth-order valence-electron chi connectivity index (χ4n) is 3.68. The van der Waals surface area contributed by atoms with Gasteiger partial charge in [-0.15, -0.1) is 0 Å². The van der Waals surface area contributed by atoms with Crippen molar-refractivity contribution in [2.45, 2.75) is 25.3 Å². The lowest BCUT2D eigenvalue weighted by molar-refractivity contribution is -0.163. The van der Waals surface area contributed by atoms with Crippen molar-refractivity contribution in [1.29, 1.82) is 0 Å². The Morgan fingerprint density at radius 2 is 1.67 bits per heavy atom. The molecule has 0 aromatic heterocycles. The van der Waals surface area contributed by atoms with Gasteiger partial charge in [0.15, 0.2) is 0 Å². The lowest BCUT2D eigenvalue weighted by atomic mass is 10.1. The number of hydrazine groups is 1. The quantitative estimate of drug-likeness (QED) is 0.754. The van der Waals surface area contributed by atoms with E-state index in [1.165, 1.54) is 18.2 Å². The number of hydrogen-bond donors (Lipinski definition) is 1. The number of carbonyl (C=O) groups excluding carboxylic acids is 4. The molecule has 9 nitrogen and oxygen atoms in total. The van der Waals surface area contributed by atoms with Gasteiger partial charge in [-0.1, -0.05) is 12.1 Å². The van der Waals surface area contributed by atoms with E-state index in [9.17, 15) is 29.1 Å². The second-order valence-electron chi connectivity index (χ2n) is 6.43. The van der Waals surface area contributed by atoms with Gasteiger partial charge in [-0.2, -0.15) is 0 Å². The molecule has 1 unspecified atom stereocenters. The molecule has 1 saturated heterocycles. The van der Waals surface area contributed by atoms with Gasteiger partial charge in [0.25, 0.3) is 17.7 Å². The van der Waals surface area contributed by atoms with Crippen LogP contribution in [0.3, 0.4) is 0 Å². The molecule has 3 aliphatic heterocycles. The van der Waals surface area contributed by atoms with Crippen molar-refractivity contribution in [3.05, 3.63) is 47.2 Å². The van der Waals surface area contributed by atoms with Crippen molar-refractivity contribution in [1.82, 2.24) is 14.9 Å². The first-order chi connectivity index (χ1) is 12.9. The maximum absolute atomic E-state index is 13.2. The minimum absolute atomic E-state index is 0.0525. The molecule has 0 bridgehead atoms. The number of benzene rings is 1. The van der Waals surface area contributed by atoms with E-state index in [0.717, 1.165) is 14.9 Å². The highest BCUT2D eigenvalue weighted by molar-refractivity contribution is 6.23. The molecule has 0 saturated carbocycles. The van der Waals surface area contributed by atoms with Crippen LogP contribution in [-0.4, -0.2) is 62.2 Å². The largest absolute Gasteiger partial charge is 0.477 e. The van der Waals surface area contributed by atoms with Crippen LogP contribution in [0, 0.1) is 0 Å². The Morgan fingerprint density at radius 3 is 2.26 bits per heavy atom. The molecule has 3 aliphatic rings. The summed E-state index contributed by atoms with van der Waals surface area (Å²) in [6.07, 6.45) is 1.53. The predicted molar refractivity (Wildman–Crippen MR) is 88.9 cm³/mol. The van der Waals surface area contributed by atoms with E-state index in [1.54, 1.807) is 12.1 Å². The molecular weight excluding hydrogens is 354 g/mol. The van der Waals surface area contributed by atoms with Crippen LogP contribution in [0.1, 0.15) is 40.0 Å². The molecule has 1 aromatic carbocycles. The Hall–Kier alpha value is -3.49. The first kappa shape index (κ1) is 17.0. The van der Waals surface area contributed by atoms with E-state index in [0.29, 0.717) is 6.42 Å². The maximum Gasteiger partial charge on any atom is 0.354 e. The van der Waals surface area contributed by atoms with E-state index in [4.69, 9.17) is 0 Å². The smallest absolute Gasteiger partial charge is 0.354 e. The fraction of sp³-hybridized carbons (Fsp3) is 0.278. The Morgan fingerprint density at radius 1 is 1.04 bits per heavy atom. The number of carbonyl (C=O) groups is 5. The number of aliphatic carboxylic acids is 1. The van der Waals surface area contributed by atoms with E-state index < -0.39 is 35.6 Å². The first-order valence-electron chi connectivity index (χ1n) is 8.46. The average Bonchev–Trinajstić information content (AvgIpc) is 2.84. The lowest BCUT2D eigenvalue weighted by Crippen LogP contribution is -2.56. The SMILES string of the molecule is O=C(O)C1=CCCN2C(=O)CCC(N3C(=O)c4ccccc4C3=O)C(=O)N12. The van der Waals surface area contributed by atoms with Crippen LogP contribution in [0.15, 0.2) is 36.0 Å². The predicted octanol–water partition coefficient (Wildman–Crippen LogP) is 0.389. The minimum atomic E-state index is -1.36. The molecule has 0 radical (unpaired) electrons. The second kappa shape index (κ2) is 6.04. The summed E-state index contributed by atoms with van der Waals surface area (Å²) in [7, 11) is 0. The molecule has 1 N–H and O–H groups in total. The van der Waals surface area contributed by atoms with Gasteiger partial charge in [0.05, 0.1) is 11.1 Å². The van der Waals surface area contributed by atoms with Crippen LogP contribution in [0.4, 0.5) is 0 Å². The number of carboxylic acids is 1. The summed E-state index contributed by atoms with van der Waals surface area (Å²) in [5, 5.41) is 11.3. The summed E-state index contributed by atoms with van der Waals surface area (Å²) in [5.41, 5.74) is 0.0360. The Kier molecular flexibility index (Phi) is 3.79. The Balaban J connectivity index is 1.76. The monoisotopic (exact) mass is 369 g/mol. The zero-order valence-corrected chi connectivity index (χ0v) is 14.1. The third kappa shape index (κ3) is 2.42. The zero-order valence-electron chi connectivity index (χ0n) is 14.1. The molecule has 27 heavy (non-hydrogen) atoms. The Bertz CT molecular complexity index is 902. The summed E-state index contributed by atoms with van der Waals surface area (Å²) in [5.74, 6) is -3.79. The second-order valence-corrected chi connectivity index (χ2v) is 6.43. The van der Waals surface area contributed by atoms with Crippen molar-refractivity contribution in [2.75, 3.05) is 6.54 Å². The number of carboxylic acid groups (broad SMARTS) is 1. The van der Waals surface area contributed by atoms with Crippen molar-refractivity contribution in [3.8, 4) is 0 Å². The van der Waals surface area contributed by atoms with Crippen LogP contribution in [0.2, 0.25) is 0 Å². The van der Waals surface area contributed by atoms with E-state index in [-0.39, 0.29) is 36.2 Å². The highest BCUT2D eigenvalue weighted by Crippen LogP contribution is 2.31. The first-order valence-corrected chi connectivity index (χ1v) is 8.46. The highest BCUT2D eigenvalue weighted by atomic mass is 16.4. The Labute approximate surface area is 153 Å². The molecule has 1 atom stereocenters. The highest BCUT2D eigenvalue weighted by Gasteiger charge is 2.48. The van der Waals surface area contributed by atoms with Gasteiger partial charge in [0.2, 0.25) is 5.91 Å². The van der Waals surface area contributed by atoms with Crippen LogP contribution >= 0.6 is 0 Å². The number of fused-ring (bicyclic) bond motifs is 2. The molecule has 138 valence electrons. The van der Waals surface area contributed by atoms with E-state index in [2.05, 4.69) is 0 Å². The molecule has 4 amide bonds. The van der Waals surface area contributed by atoms with Crippen LogP contribution in [0.25, 0.3) is 0 Å². The fourth-order valence-corrected chi connectivity index (χ4v) is 3.68. The summed E-state index contributed by atoms with van der Waals surface area (Å²) in [4.78, 5) is 63.4. The number of imide groups is 1. The summed E-state index contributed by atoms with van der Waals surface area (Å²) < 4.78 is 0. The van der Waals surface area contributed by atoms with Crippen molar-refractivity contribution in [3.63, 3.8) is 0 Å². The van der Waals surface area contributed by atoms with Gasteiger partial charge >= 0.3 is 5.97 Å². The normalized spacial score (nSPS) is 22.4. The third-order valence-electron chi connectivity index (χ3n) is 4.92. The number of rotatable bonds is 2. The molecule has 3 heterocycles. The van der Waals surface area contributed by atoms with Gasteiger partial charge in [-0.05, 0) is 31.1 Å². The van der Waals surface area contributed by atoms with Crippen LogP contribution < -0.4 is 0 Å². The molecule has 1 fully saturated rings. The van der Waals surface area contributed by atoms with Crippen LogP contribution in [-0.2, 0) is 14.4 Å². The van der Waals surface area contributed by atoms with Gasteiger partial charge in [0.1, 0.15) is 11.7 Å². The molecular formula is C18H15N3O6. The number of hydrogen-bond acceptors (Lipinski definition) is 5. The van der Waals surface area contributed by atoms with Gasteiger partial charge < -0.3 is 5.11 Å². The summed E-state index contributed by atoms with van der Waals surface area (Å²) in [6.45, 7) is 0.163. The molecule has 9 heteroatoms. The van der Waals surface area contributed by atoms with Gasteiger partial charge in [0, 0.05) is 13.0 Å². The average molecular weight is 369 g/mol. The van der Waals surface area contributed by atoms with E-state index in [1.807, 2.05) is 0 Å². The molecule has 4 rings (SSSR count). The van der Waals surface area contributed by atoms with Crippen molar-refractivity contribution < 1.29 is 29.1 Å². The summed E-state index contributed by atoms with van der Waals surface area (Å²) in [6, 6.07) is 4.98. The topological polar surface area (TPSA) is 115 Å². The van der Waals surface area contributed by atoms with E-state index >= 15 is 0 Å². The van der Waals surface area contributed by atoms with Gasteiger partial charge in [-0.25, -0.2) is 14.8 Å². The third-order valence-corrected chi connectivity index (χ3v) is 4.92. The van der Waals surface area contributed by atoms with Crippen molar-refractivity contribution in [2.24, 2.45) is 0 Å². The number of nitrogens with zero attached hydrogens (tertiary/aromatic N) is 3. The van der Waals surface area contributed by atoms with Crippen LogP contribution in [0.5, 0.6) is 0 Å². The van der Waals surface area contributed by atoms with Gasteiger partial charge in [-0.3, -0.25) is 24.1 Å². The molecule has 0 aliphatic carbocycles. The number of amides is 4. The standard InChI is InChI=1S/C18H15N3O6/c22-14-8-7-12(17(25)21-13(18(26)27)6-3-9-19(14)21)20-15(23)10-4-1-2-5-11(10)16(20)24/h1-2,4-6,12H,3,7-9H2,(H,26,27). The summed E-state index contributed by atoms with van der Waals surface area (Å²) >= 11 is 0. The van der Waals surface area contributed by atoms with Crippen molar-refractivity contribution >= 4 is 29.6 Å². The molecule has 0 spiro atoms. The minimum Gasteiger partial charge on any atom is -0.477 e. The lowest BCUT2D eigenvalue weighted by Gasteiger charge is -2.37.